The van der Waals surface area contributed by atoms with Gasteiger partial charge in [-0.05, 0) is 19.1 Å². The third kappa shape index (κ3) is 2.60. The molecule has 31 heavy (non-hydrogen) atoms. The third-order valence-corrected chi connectivity index (χ3v) is 6.50. The molecule has 0 radical (unpaired) electrons. The number of hydrogen-bond donors (Lipinski definition) is 1. The number of fused-ring (bicyclic) bond motifs is 6. The number of carbonyl (C=O) groups is 2. The van der Waals surface area contributed by atoms with Crippen molar-refractivity contribution < 1.29 is 23.6 Å². The summed E-state index contributed by atoms with van der Waals surface area (Å²) in [6.07, 6.45) is 0. The number of ether oxygens (including phenoxy) is 1. The predicted molar refractivity (Wildman–Crippen MR) is 115 cm³/mol. The van der Waals surface area contributed by atoms with Crippen molar-refractivity contribution in [1.82, 2.24) is 0 Å². The van der Waals surface area contributed by atoms with Crippen molar-refractivity contribution in [3.05, 3.63) is 100 Å². The maximum atomic E-state index is 13.2. The smallest absolute Gasteiger partial charge is 0.229 e. The van der Waals surface area contributed by atoms with Crippen molar-refractivity contribution in [3.63, 3.8) is 0 Å². The lowest BCUT2D eigenvalue weighted by Crippen LogP contribution is -3.12. The highest BCUT2D eigenvalue weighted by molar-refractivity contribution is 6.31. The summed E-state index contributed by atoms with van der Waals surface area (Å²) in [7, 11) is 0. The fourth-order valence-electron chi connectivity index (χ4n) is 4.73. The number of carbonyl (C=O) groups excluding carboxylic acids is 2. The zero-order valence-corrected chi connectivity index (χ0v) is 17.0. The largest absolute Gasteiger partial charge is 0.451 e. The molecule has 1 aliphatic carbocycles. The van der Waals surface area contributed by atoms with E-state index in [-0.39, 0.29) is 23.4 Å². The van der Waals surface area contributed by atoms with Gasteiger partial charge in [-0.2, -0.15) is 0 Å². The van der Waals surface area contributed by atoms with Crippen LogP contribution < -0.4 is 9.64 Å². The highest BCUT2D eigenvalue weighted by Gasteiger charge is 2.37. The van der Waals surface area contributed by atoms with E-state index in [1.165, 1.54) is 10.5 Å². The third-order valence-electron chi connectivity index (χ3n) is 6.50. The first-order valence-electron chi connectivity index (χ1n) is 10.4. The van der Waals surface area contributed by atoms with Crippen LogP contribution in [0, 0.1) is 0 Å². The molecule has 1 aromatic heterocycles. The molecule has 2 heterocycles. The highest BCUT2D eigenvalue weighted by atomic mass is 16.5. The maximum Gasteiger partial charge on any atom is 0.229 e. The van der Waals surface area contributed by atoms with Gasteiger partial charge in [-0.3, -0.25) is 14.5 Å². The molecule has 152 valence electrons. The topological polar surface area (TPSA) is 61.0 Å². The molecule has 1 aliphatic heterocycles. The summed E-state index contributed by atoms with van der Waals surface area (Å²) in [5, 5.41) is 0.679. The van der Waals surface area contributed by atoms with E-state index in [0.717, 1.165) is 11.3 Å². The molecule has 3 aromatic carbocycles. The lowest BCUT2D eigenvalue weighted by atomic mass is 9.87. The second-order valence-electron chi connectivity index (χ2n) is 8.19. The Balaban J connectivity index is 1.47. The summed E-state index contributed by atoms with van der Waals surface area (Å²) in [5.41, 5.74) is 3.91. The van der Waals surface area contributed by atoms with Crippen LogP contribution in [0.3, 0.4) is 0 Å². The fraction of sp³-hybridized carbons (Fsp3) is 0.154. The van der Waals surface area contributed by atoms with Gasteiger partial charge in [0.1, 0.15) is 23.9 Å². The molecule has 0 saturated carbocycles. The minimum atomic E-state index is -0.242. The lowest BCUT2D eigenvalue weighted by Gasteiger charge is -2.30. The zero-order chi connectivity index (χ0) is 21.1. The van der Waals surface area contributed by atoms with Gasteiger partial charge in [-0.25, -0.2) is 0 Å². The Hall–Kier alpha value is -3.70. The van der Waals surface area contributed by atoms with E-state index in [4.69, 9.17) is 9.15 Å². The van der Waals surface area contributed by atoms with Crippen molar-refractivity contribution in [2.45, 2.75) is 19.5 Å². The van der Waals surface area contributed by atoms with Crippen LogP contribution in [0.1, 0.15) is 56.1 Å². The molecule has 0 fully saturated rings. The quantitative estimate of drug-likeness (QED) is 0.482. The first-order valence-corrected chi connectivity index (χ1v) is 10.4. The molecule has 0 bridgehead atoms. The number of furan rings is 1. The van der Waals surface area contributed by atoms with E-state index in [0.29, 0.717) is 40.9 Å². The van der Waals surface area contributed by atoms with Crippen LogP contribution >= 0.6 is 0 Å². The van der Waals surface area contributed by atoms with Crippen LogP contribution in [0.15, 0.2) is 71.1 Å². The van der Waals surface area contributed by atoms with Crippen molar-refractivity contribution in [1.29, 1.82) is 0 Å². The standard InChI is InChI=1S/C26H19NO4/c1-15(16-7-3-2-4-8-16)27-13-20-21(30-14-27)12-11-19-22-23(28)17-9-5-6-10-18(17)24(29)26(22)31-25(19)20/h2-12,15H,13-14H2,1H3/p+1/t15-/m1/s1. The molecule has 5 heteroatoms. The second kappa shape index (κ2) is 6.65. The van der Waals surface area contributed by atoms with E-state index in [9.17, 15) is 9.59 Å². The van der Waals surface area contributed by atoms with E-state index < -0.39 is 0 Å². The first kappa shape index (κ1) is 18.1. The maximum absolute atomic E-state index is 13.2. The molecule has 0 saturated heterocycles. The van der Waals surface area contributed by atoms with Crippen LogP contribution in [0.25, 0.3) is 11.0 Å². The van der Waals surface area contributed by atoms with Crippen molar-refractivity contribution in [3.8, 4) is 5.75 Å². The summed E-state index contributed by atoms with van der Waals surface area (Å²) in [4.78, 5) is 27.5. The molecule has 5 nitrogen and oxygen atoms in total. The van der Waals surface area contributed by atoms with E-state index in [2.05, 4.69) is 19.1 Å². The summed E-state index contributed by atoms with van der Waals surface area (Å²) >= 11 is 0. The van der Waals surface area contributed by atoms with Crippen molar-refractivity contribution in [2.24, 2.45) is 0 Å². The molecular weight excluding hydrogens is 390 g/mol. The number of hydrogen-bond acceptors (Lipinski definition) is 4. The molecule has 1 unspecified atom stereocenters. The van der Waals surface area contributed by atoms with Crippen LogP contribution in [0.5, 0.6) is 5.75 Å². The number of rotatable bonds is 2. The van der Waals surface area contributed by atoms with Gasteiger partial charge < -0.3 is 9.15 Å². The Morgan fingerprint density at radius 2 is 1.58 bits per heavy atom. The average molecular weight is 410 g/mol. The van der Waals surface area contributed by atoms with Gasteiger partial charge in [0.05, 0.1) is 11.1 Å². The van der Waals surface area contributed by atoms with E-state index >= 15 is 0 Å². The van der Waals surface area contributed by atoms with Gasteiger partial charge in [0.25, 0.3) is 0 Å². The Kier molecular flexibility index (Phi) is 3.88. The highest BCUT2D eigenvalue weighted by Crippen LogP contribution is 2.39. The second-order valence-corrected chi connectivity index (χ2v) is 8.19. The van der Waals surface area contributed by atoms with Crippen LogP contribution in [0.2, 0.25) is 0 Å². The normalized spacial score (nSPS) is 18.2. The predicted octanol–water partition coefficient (Wildman–Crippen LogP) is 3.70. The summed E-state index contributed by atoms with van der Waals surface area (Å²) in [6, 6.07) is 21.2. The van der Waals surface area contributed by atoms with Gasteiger partial charge in [-0.1, -0.05) is 54.6 Å². The molecular formula is C26H20NO4+. The molecule has 0 amide bonds. The number of benzene rings is 3. The summed E-state index contributed by atoms with van der Waals surface area (Å²) in [5.74, 6) is 0.478. The van der Waals surface area contributed by atoms with Crippen LogP contribution in [-0.2, 0) is 6.54 Å². The minimum Gasteiger partial charge on any atom is -0.451 e. The molecule has 4 aromatic rings. The molecule has 1 N–H and O–H groups in total. The molecule has 0 spiro atoms. The van der Waals surface area contributed by atoms with Gasteiger partial charge >= 0.3 is 0 Å². The van der Waals surface area contributed by atoms with E-state index in [1.54, 1.807) is 24.3 Å². The van der Waals surface area contributed by atoms with Gasteiger partial charge in [0.2, 0.25) is 12.5 Å². The minimum absolute atomic E-state index is 0.135. The average Bonchev–Trinajstić information content (AvgIpc) is 3.23. The number of quaternary nitrogens is 1. The zero-order valence-electron chi connectivity index (χ0n) is 17.0. The summed E-state index contributed by atoms with van der Waals surface area (Å²) < 4.78 is 12.2. The fourth-order valence-corrected chi connectivity index (χ4v) is 4.73. The molecule has 6 rings (SSSR count). The summed E-state index contributed by atoms with van der Waals surface area (Å²) in [6.45, 7) is 3.40. The molecule has 2 atom stereocenters. The SMILES string of the molecule is C[C@H](c1ccccc1)[NH+]1COc2ccc3c4c(oc3c2C1)C(=O)c1ccccc1C4=O. The monoisotopic (exact) mass is 410 g/mol. The Morgan fingerprint density at radius 3 is 2.35 bits per heavy atom. The van der Waals surface area contributed by atoms with Crippen LogP contribution in [-0.4, -0.2) is 18.3 Å². The number of ketones is 2. The van der Waals surface area contributed by atoms with Gasteiger partial charge in [-0.15, -0.1) is 0 Å². The Morgan fingerprint density at radius 1 is 0.871 bits per heavy atom. The van der Waals surface area contributed by atoms with Gasteiger partial charge in [0, 0.05) is 22.1 Å². The lowest BCUT2D eigenvalue weighted by molar-refractivity contribution is -0.960. The van der Waals surface area contributed by atoms with Crippen LogP contribution in [0.4, 0.5) is 0 Å². The first-order chi connectivity index (χ1) is 15.1. The van der Waals surface area contributed by atoms with Crippen molar-refractivity contribution >= 4 is 22.5 Å². The Bertz CT molecular complexity index is 1370. The number of nitrogens with one attached hydrogen (secondary N) is 1. The van der Waals surface area contributed by atoms with Gasteiger partial charge in [0.15, 0.2) is 11.5 Å². The van der Waals surface area contributed by atoms with Crippen molar-refractivity contribution in [2.75, 3.05) is 6.73 Å². The molecule has 2 aliphatic rings. The van der Waals surface area contributed by atoms with E-state index in [1.807, 2.05) is 30.3 Å². The Labute approximate surface area is 178 Å².